The summed E-state index contributed by atoms with van der Waals surface area (Å²) in [5.41, 5.74) is 2.60. The van der Waals surface area contributed by atoms with Crippen LogP contribution in [-0.4, -0.2) is 43.5 Å². The van der Waals surface area contributed by atoms with Crippen LogP contribution in [0.1, 0.15) is 23.6 Å². The molecule has 1 N–H and O–H groups in total. The van der Waals surface area contributed by atoms with E-state index in [0.29, 0.717) is 24.5 Å². The largest absolute Gasteiger partial charge is 0.493 e. The quantitative estimate of drug-likeness (QED) is 0.449. The van der Waals surface area contributed by atoms with Gasteiger partial charge in [-0.05, 0) is 54.3 Å². The van der Waals surface area contributed by atoms with Crippen molar-refractivity contribution in [2.45, 2.75) is 32.4 Å². The lowest BCUT2D eigenvalue weighted by Crippen LogP contribution is -2.48. The van der Waals surface area contributed by atoms with E-state index in [9.17, 15) is 14.0 Å². The molecule has 1 atom stereocenters. The van der Waals surface area contributed by atoms with Gasteiger partial charge in [0.1, 0.15) is 11.9 Å². The molecule has 3 rings (SSSR count). The number of rotatable bonds is 11. The molecule has 6 nitrogen and oxygen atoms in total. The molecule has 0 saturated heterocycles. The number of carbonyl (C=O) groups is 2. The number of amides is 2. The van der Waals surface area contributed by atoms with E-state index in [-0.39, 0.29) is 30.6 Å². The highest BCUT2D eigenvalue weighted by Gasteiger charge is 2.26. The maximum atomic E-state index is 13.4. The zero-order valence-corrected chi connectivity index (χ0v) is 20.3. The Labute approximate surface area is 205 Å². The Balaban J connectivity index is 1.67. The van der Waals surface area contributed by atoms with Crippen molar-refractivity contribution in [1.29, 1.82) is 0 Å². The number of methoxy groups -OCH3 is 2. The second kappa shape index (κ2) is 12.6. The minimum absolute atomic E-state index is 0.172. The van der Waals surface area contributed by atoms with Crippen LogP contribution < -0.4 is 14.8 Å². The number of nitrogens with one attached hydrogen (secondary N) is 1. The molecular weight excluding hydrogens is 447 g/mol. The molecule has 0 aliphatic heterocycles. The molecule has 0 saturated carbocycles. The molecule has 7 heteroatoms. The summed E-state index contributed by atoms with van der Waals surface area (Å²) in [6.07, 6.45) is 0.764. The van der Waals surface area contributed by atoms with Crippen LogP contribution in [0.2, 0.25) is 0 Å². The van der Waals surface area contributed by atoms with Crippen molar-refractivity contribution >= 4 is 11.8 Å². The van der Waals surface area contributed by atoms with Crippen molar-refractivity contribution in [3.05, 3.63) is 95.3 Å². The van der Waals surface area contributed by atoms with Crippen LogP contribution in [0.25, 0.3) is 0 Å². The standard InChI is InChI=1S/C28H31FN2O4/c1-20(28(33)30-16-15-22-11-14-25(34-2)26(17-22)35-3)31(19-23-9-12-24(29)13-10-23)27(32)18-21-7-5-4-6-8-21/h4-14,17,20H,15-16,18-19H2,1-3H3,(H,30,33)/t20-/m0/s1. The number of hydrogen-bond acceptors (Lipinski definition) is 4. The predicted octanol–water partition coefficient (Wildman–Crippen LogP) is 4.16. The molecule has 0 aliphatic rings. The van der Waals surface area contributed by atoms with Gasteiger partial charge in [0, 0.05) is 13.1 Å². The van der Waals surface area contributed by atoms with E-state index in [2.05, 4.69) is 5.32 Å². The monoisotopic (exact) mass is 478 g/mol. The summed E-state index contributed by atoms with van der Waals surface area (Å²) < 4.78 is 24.0. The van der Waals surface area contributed by atoms with Crippen molar-refractivity contribution < 1.29 is 23.5 Å². The summed E-state index contributed by atoms with van der Waals surface area (Å²) in [4.78, 5) is 27.7. The van der Waals surface area contributed by atoms with E-state index in [1.165, 1.54) is 17.0 Å². The predicted molar refractivity (Wildman–Crippen MR) is 133 cm³/mol. The summed E-state index contributed by atoms with van der Waals surface area (Å²) in [7, 11) is 3.16. The van der Waals surface area contributed by atoms with Crippen LogP contribution in [0.15, 0.2) is 72.8 Å². The van der Waals surface area contributed by atoms with E-state index in [0.717, 1.165) is 16.7 Å². The van der Waals surface area contributed by atoms with Crippen LogP contribution in [0, 0.1) is 5.82 Å². The smallest absolute Gasteiger partial charge is 0.242 e. The van der Waals surface area contributed by atoms with E-state index < -0.39 is 6.04 Å². The SMILES string of the molecule is COc1ccc(CCNC(=O)[C@H](C)N(Cc2ccc(F)cc2)C(=O)Cc2ccccc2)cc1OC. The topological polar surface area (TPSA) is 67.9 Å². The molecule has 0 radical (unpaired) electrons. The summed E-state index contributed by atoms with van der Waals surface area (Å²) in [5.74, 6) is 0.484. The molecule has 0 unspecified atom stereocenters. The van der Waals surface area contributed by atoms with Gasteiger partial charge in [-0.2, -0.15) is 0 Å². The lowest BCUT2D eigenvalue weighted by Gasteiger charge is -2.29. The number of ether oxygens (including phenoxy) is 2. The van der Waals surface area contributed by atoms with E-state index in [4.69, 9.17) is 9.47 Å². The molecule has 0 bridgehead atoms. The van der Waals surface area contributed by atoms with Gasteiger partial charge in [-0.25, -0.2) is 4.39 Å². The van der Waals surface area contributed by atoms with Gasteiger partial charge in [0.15, 0.2) is 11.5 Å². The number of nitrogens with zero attached hydrogens (tertiary/aromatic N) is 1. The van der Waals surface area contributed by atoms with Crippen molar-refractivity contribution in [3.8, 4) is 11.5 Å². The molecule has 3 aromatic carbocycles. The van der Waals surface area contributed by atoms with Gasteiger partial charge in [0.2, 0.25) is 11.8 Å². The van der Waals surface area contributed by atoms with Crippen molar-refractivity contribution in [3.63, 3.8) is 0 Å². The molecule has 3 aromatic rings. The Morgan fingerprint density at radius 2 is 1.54 bits per heavy atom. The highest BCUT2D eigenvalue weighted by molar-refractivity contribution is 5.88. The van der Waals surface area contributed by atoms with Crippen LogP contribution >= 0.6 is 0 Å². The van der Waals surface area contributed by atoms with E-state index in [1.807, 2.05) is 48.5 Å². The fourth-order valence-electron chi connectivity index (χ4n) is 3.76. The van der Waals surface area contributed by atoms with Crippen molar-refractivity contribution in [1.82, 2.24) is 10.2 Å². The van der Waals surface area contributed by atoms with Gasteiger partial charge in [-0.3, -0.25) is 9.59 Å². The second-order valence-corrected chi connectivity index (χ2v) is 8.22. The minimum Gasteiger partial charge on any atom is -0.493 e. The third kappa shape index (κ3) is 7.30. The van der Waals surface area contributed by atoms with Crippen LogP contribution in [0.4, 0.5) is 4.39 Å². The Morgan fingerprint density at radius 1 is 0.886 bits per heavy atom. The second-order valence-electron chi connectivity index (χ2n) is 8.22. The highest BCUT2D eigenvalue weighted by atomic mass is 19.1. The average molecular weight is 479 g/mol. The highest BCUT2D eigenvalue weighted by Crippen LogP contribution is 2.27. The number of halogens is 1. The Morgan fingerprint density at radius 3 is 2.20 bits per heavy atom. The maximum Gasteiger partial charge on any atom is 0.242 e. The number of carbonyl (C=O) groups excluding carboxylic acids is 2. The zero-order valence-electron chi connectivity index (χ0n) is 20.3. The first kappa shape index (κ1) is 25.7. The molecule has 35 heavy (non-hydrogen) atoms. The first-order chi connectivity index (χ1) is 16.9. The summed E-state index contributed by atoms with van der Waals surface area (Å²) in [6.45, 7) is 2.31. The summed E-state index contributed by atoms with van der Waals surface area (Å²) in [6, 6.07) is 20.2. The summed E-state index contributed by atoms with van der Waals surface area (Å²) >= 11 is 0. The molecule has 0 spiro atoms. The maximum absolute atomic E-state index is 13.4. The van der Waals surface area contributed by atoms with Gasteiger partial charge in [0.25, 0.3) is 0 Å². The van der Waals surface area contributed by atoms with Crippen LogP contribution in [0.5, 0.6) is 11.5 Å². The Bertz CT molecular complexity index is 1120. The fraction of sp³-hybridized carbons (Fsp3) is 0.286. The van der Waals surface area contributed by atoms with Gasteiger partial charge in [0.05, 0.1) is 20.6 Å². The van der Waals surface area contributed by atoms with Crippen LogP contribution in [0.3, 0.4) is 0 Å². The average Bonchev–Trinajstić information content (AvgIpc) is 2.88. The molecule has 0 heterocycles. The van der Waals surface area contributed by atoms with Crippen molar-refractivity contribution in [2.75, 3.05) is 20.8 Å². The van der Waals surface area contributed by atoms with E-state index in [1.54, 1.807) is 33.3 Å². The normalized spacial score (nSPS) is 11.4. The van der Waals surface area contributed by atoms with Crippen LogP contribution in [-0.2, 0) is 29.0 Å². The van der Waals surface area contributed by atoms with Crippen molar-refractivity contribution in [2.24, 2.45) is 0 Å². The third-order valence-electron chi connectivity index (χ3n) is 5.79. The minimum atomic E-state index is -0.707. The third-order valence-corrected chi connectivity index (χ3v) is 5.79. The fourth-order valence-corrected chi connectivity index (χ4v) is 3.76. The lowest BCUT2D eigenvalue weighted by molar-refractivity contribution is -0.140. The van der Waals surface area contributed by atoms with Gasteiger partial charge >= 0.3 is 0 Å². The van der Waals surface area contributed by atoms with Gasteiger partial charge in [-0.15, -0.1) is 0 Å². The molecule has 0 aliphatic carbocycles. The van der Waals surface area contributed by atoms with Gasteiger partial charge < -0.3 is 19.7 Å². The molecular formula is C28H31FN2O4. The molecule has 0 aromatic heterocycles. The van der Waals surface area contributed by atoms with Gasteiger partial charge in [-0.1, -0.05) is 48.5 Å². The molecule has 184 valence electrons. The summed E-state index contributed by atoms with van der Waals surface area (Å²) in [5, 5.41) is 2.93. The lowest BCUT2D eigenvalue weighted by atomic mass is 10.1. The number of benzene rings is 3. The first-order valence-electron chi connectivity index (χ1n) is 11.5. The zero-order chi connectivity index (χ0) is 25.2. The Kier molecular flexibility index (Phi) is 9.23. The molecule has 2 amide bonds. The Hall–Kier alpha value is -3.87. The van der Waals surface area contributed by atoms with E-state index >= 15 is 0 Å². The first-order valence-corrected chi connectivity index (χ1v) is 11.5. The number of hydrogen-bond donors (Lipinski definition) is 1. The molecule has 0 fully saturated rings.